The van der Waals surface area contributed by atoms with E-state index < -0.39 is 0 Å². The zero-order valence-electron chi connectivity index (χ0n) is 9.67. The summed E-state index contributed by atoms with van der Waals surface area (Å²) >= 11 is 0. The van der Waals surface area contributed by atoms with Crippen molar-refractivity contribution in [1.29, 1.82) is 5.26 Å². The maximum Gasteiger partial charge on any atom is 0.127 e. The molecular formula is C14H15FN2. The number of nitrogens with one attached hydrogen (secondary N) is 1. The molecule has 1 saturated carbocycles. The van der Waals surface area contributed by atoms with Gasteiger partial charge in [0.25, 0.3) is 0 Å². The first-order chi connectivity index (χ1) is 8.21. The molecule has 1 aromatic rings. The Kier molecular flexibility index (Phi) is 2.41. The van der Waals surface area contributed by atoms with Crippen LogP contribution in [0.5, 0.6) is 0 Å². The minimum absolute atomic E-state index is 0.225. The predicted octanol–water partition coefficient (Wildman–Crippen LogP) is 2.24. The van der Waals surface area contributed by atoms with Crippen LogP contribution in [0.1, 0.15) is 24.0 Å². The third-order valence-electron chi connectivity index (χ3n) is 4.13. The molecule has 1 aliphatic heterocycles. The van der Waals surface area contributed by atoms with Gasteiger partial charge >= 0.3 is 0 Å². The molecule has 17 heavy (non-hydrogen) atoms. The zero-order chi connectivity index (χ0) is 11.9. The highest BCUT2D eigenvalue weighted by Gasteiger charge is 2.47. The normalized spacial score (nSPS) is 21.6. The minimum Gasteiger partial charge on any atom is -0.316 e. The number of rotatable bonds is 2. The highest BCUT2D eigenvalue weighted by atomic mass is 19.1. The average Bonchev–Trinajstić information content (AvgIpc) is 2.22. The van der Waals surface area contributed by atoms with E-state index >= 15 is 0 Å². The summed E-state index contributed by atoms with van der Waals surface area (Å²) < 4.78 is 13.7. The van der Waals surface area contributed by atoms with Crippen molar-refractivity contribution in [2.24, 2.45) is 11.3 Å². The summed E-state index contributed by atoms with van der Waals surface area (Å²) in [7, 11) is 0. The Labute approximate surface area is 100 Å². The van der Waals surface area contributed by atoms with Crippen LogP contribution in [0.4, 0.5) is 4.39 Å². The smallest absolute Gasteiger partial charge is 0.127 e. The summed E-state index contributed by atoms with van der Waals surface area (Å²) in [4.78, 5) is 0. The lowest BCUT2D eigenvalue weighted by Crippen LogP contribution is -2.60. The van der Waals surface area contributed by atoms with Gasteiger partial charge in [-0.15, -0.1) is 0 Å². The standard InChI is InChI=1S/C14H15FN2/c15-13-4-10(7-16)1-2-12(13)3-11-5-14(6-11)8-17-9-14/h1-2,4,11,17H,3,5-6,8-9H2. The fourth-order valence-electron chi connectivity index (χ4n) is 3.17. The van der Waals surface area contributed by atoms with E-state index in [1.165, 1.54) is 18.9 Å². The summed E-state index contributed by atoms with van der Waals surface area (Å²) in [6.45, 7) is 2.28. The molecule has 0 aromatic heterocycles. The van der Waals surface area contributed by atoms with Crippen LogP contribution in [-0.4, -0.2) is 13.1 Å². The van der Waals surface area contributed by atoms with E-state index in [0.29, 0.717) is 16.9 Å². The van der Waals surface area contributed by atoms with Crippen molar-refractivity contribution in [3.63, 3.8) is 0 Å². The molecular weight excluding hydrogens is 215 g/mol. The molecule has 88 valence electrons. The Hall–Kier alpha value is -1.40. The van der Waals surface area contributed by atoms with Gasteiger partial charge in [-0.25, -0.2) is 4.39 Å². The van der Waals surface area contributed by atoms with Crippen molar-refractivity contribution in [2.75, 3.05) is 13.1 Å². The Morgan fingerprint density at radius 1 is 1.41 bits per heavy atom. The molecule has 2 fully saturated rings. The Bertz CT molecular complexity index is 477. The van der Waals surface area contributed by atoms with Crippen LogP contribution in [0.2, 0.25) is 0 Å². The van der Waals surface area contributed by atoms with Gasteiger partial charge in [0, 0.05) is 13.1 Å². The lowest BCUT2D eigenvalue weighted by Gasteiger charge is -2.54. The second kappa shape index (κ2) is 3.82. The summed E-state index contributed by atoms with van der Waals surface area (Å²) in [5.41, 5.74) is 1.71. The topological polar surface area (TPSA) is 35.8 Å². The Morgan fingerprint density at radius 3 is 2.71 bits per heavy atom. The van der Waals surface area contributed by atoms with Gasteiger partial charge in [-0.2, -0.15) is 5.26 Å². The quantitative estimate of drug-likeness (QED) is 0.845. The summed E-state index contributed by atoms with van der Waals surface area (Å²) in [6.07, 6.45) is 3.26. The maximum atomic E-state index is 13.7. The molecule has 1 N–H and O–H groups in total. The molecule has 1 saturated heterocycles. The van der Waals surface area contributed by atoms with Gasteiger partial charge < -0.3 is 5.32 Å². The van der Waals surface area contributed by atoms with E-state index in [0.717, 1.165) is 25.1 Å². The van der Waals surface area contributed by atoms with Gasteiger partial charge in [-0.05, 0) is 48.3 Å². The largest absolute Gasteiger partial charge is 0.316 e. The minimum atomic E-state index is -0.225. The molecule has 1 aliphatic carbocycles. The number of hydrogen-bond acceptors (Lipinski definition) is 2. The number of benzene rings is 1. The molecule has 3 heteroatoms. The lowest BCUT2D eigenvalue weighted by atomic mass is 9.57. The number of hydrogen-bond donors (Lipinski definition) is 1. The van der Waals surface area contributed by atoms with Crippen LogP contribution in [0.25, 0.3) is 0 Å². The molecule has 3 rings (SSSR count). The Morgan fingerprint density at radius 2 is 2.18 bits per heavy atom. The van der Waals surface area contributed by atoms with Crippen LogP contribution < -0.4 is 5.32 Å². The summed E-state index contributed by atoms with van der Waals surface area (Å²) in [6, 6.07) is 6.77. The second-order valence-corrected chi connectivity index (χ2v) is 5.50. The first kappa shape index (κ1) is 10.7. The zero-order valence-corrected chi connectivity index (χ0v) is 9.67. The van der Waals surface area contributed by atoms with Gasteiger partial charge in [0.05, 0.1) is 11.6 Å². The van der Waals surface area contributed by atoms with E-state index in [2.05, 4.69) is 5.32 Å². The maximum absolute atomic E-state index is 13.7. The van der Waals surface area contributed by atoms with Gasteiger partial charge in [0.1, 0.15) is 5.82 Å². The highest BCUT2D eigenvalue weighted by Crippen LogP contribution is 2.49. The number of nitriles is 1. The monoisotopic (exact) mass is 230 g/mol. The third kappa shape index (κ3) is 1.83. The molecule has 2 nitrogen and oxygen atoms in total. The number of nitrogens with zero attached hydrogens (tertiary/aromatic N) is 1. The Balaban J connectivity index is 1.64. The van der Waals surface area contributed by atoms with E-state index in [1.54, 1.807) is 12.1 Å². The summed E-state index contributed by atoms with van der Waals surface area (Å²) in [5.74, 6) is 0.399. The highest BCUT2D eigenvalue weighted by molar-refractivity contribution is 5.33. The van der Waals surface area contributed by atoms with E-state index in [4.69, 9.17) is 5.26 Å². The van der Waals surface area contributed by atoms with Gasteiger partial charge in [-0.1, -0.05) is 6.07 Å². The first-order valence-corrected chi connectivity index (χ1v) is 6.10. The molecule has 2 aliphatic rings. The van der Waals surface area contributed by atoms with Crippen LogP contribution >= 0.6 is 0 Å². The molecule has 0 radical (unpaired) electrons. The number of halogens is 1. The van der Waals surface area contributed by atoms with E-state index in [1.807, 2.05) is 6.07 Å². The van der Waals surface area contributed by atoms with Gasteiger partial charge in [-0.3, -0.25) is 0 Å². The molecule has 0 atom stereocenters. The average molecular weight is 230 g/mol. The van der Waals surface area contributed by atoms with E-state index in [-0.39, 0.29) is 5.82 Å². The fourth-order valence-corrected chi connectivity index (χ4v) is 3.17. The molecule has 1 heterocycles. The molecule has 0 unspecified atom stereocenters. The van der Waals surface area contributed by atoms with Crippen molar-refractivity contribution >= 4 is 0 Å². The van der Waals surface area contributed by atoms with Crippen LogP contribution in [0.15, 0.2) is 18.2 Å². The summed E-state index contributed by atoms with van der Waals surface area (Å²) in [5, 5.41) is 12.0. The SMILES string of the molecule is N#Cc1ccc(CC2CC3(CNC3)C2)c(F)c1. The van der Waals surface area contributed by atoms with Crippen molar-refractivity contribution in [2.45, 2.75) is 19.3 Å². The van der Waals surface area contributed by atoms with Crippen molar-refractivity contribution in [1.82, 2.24) is 5.32 Å². The molecule has 1 spiro atoms. The predicted molar refractivity (Wildman–Crippen MR) is 62.8 cm³/mol. The van der Waals surface area contributed by atoms with Gasteiger partial charge in [0.2, 0.25) is 0 Å². The first-order valence-electron chi connectivity index (χ1n) is 6.10. The molecule has 1 aromatic carbocycles. The fraction of sp³-hybridized carbons (Fsp3) is 0.500. The van der Waals surface area contributed by atoms with Crippen LogP contribution in [-0.2, 0) is 6.42 Å². The third-order valence-corrected chi connectivity index (χ3v) is 4.13. The second-order valence-electron chi connectivity index (χ2n) is 5.50. The van der Waals surface area contributed by atoms with E-state index in [9.17, 15) is 4.39 Å². The van der Waals surface area contributed by atoms with Crippen molar-refractivity contribution in [3.8, 4) is 6.07 Å². The lowest BCUT2D eigenvalue weighted by molar-refractivity contribution is 0.000561. The van der Waals surface area contributed by atoms with Gasteiger partial charge in [0.15, 0.2) is 0 Å². The van der Waals surface area contributed by atoms with Crippen molar-refractivity contribution < 1.29 is 4.39 Å². The van der Waals surface area contributed by atoms with Crippen LogP contribution in [0.3, 0.4) is 0 Å². The van der Waals surface area contributed by atoms with Crippen molar-refractivity contribution in [3.05, 3.63) is 35.1 Å². The molecule has 0 bridgehead atoms. The van der Waals surface area contributed by atoms with Crippen LogP contribution in [0, 0.1) is 28.5 Å². The molecule has 0 amide bonds.